The number of alkyl halides is 2. The molecule has 23 heavy (non-hydrogen) atoms. The van der Waals surface area contributed by atoms with Gasteiger partial charge in [-0.15, -0.1) is 0 Å². The van der Waals surface area contributed by atoms with E-state index in [-0.39, 0.29) is 12.1 Å². The molecule has 0 unspecified atom stereocenters. The van der Waals surface area contributed by atoms with Crippen molar-refractivity contribution < 1.29 is 8.78 Å². The Morgan fingerprint density at radius 3 is 2.39 bits per heavy atom. The van der Waals surface area contributed by atoms with Crippen LogP contribution in [0.5, 0.6) is 0 Å². The molecular weight excluding hydrogens is 347 g/mol. The van der Waals surface area contributed by atoms with Crippen LogP contribution in [0.25, 0.3) is 5.69 Å². The molecule has 0 aromatic carbocycles. The fourth-order valence-electron chi connectivity index (χ4n) is 1.98. The summed E-state index contributed by atoms with van der Waals surface area (Å²) in [6.07, 6.45) is 1.89. The van der Waals surface area contributed by atoms with Crippen LogP contribution in [0.2, 0.25) is 10.2 Å². The van der Waals surface area contributed by atoms with Crippen molar-refractivity contribution in [1.29, 1.82) is 0 Å². The Morgan fingerprint density at radius 1 is 1.04 bits per heavy atom. The van der Waals surface area contributed by atoms with Crippen LogP contribution >= 0.6 is 23.2 Å². The zero-order valence-corrected chi connectivity index (χ0v) is 13.0. The van der Waals surface area contributed by atoms with Crippen molar-refractivity contribution in [3.05, 3.63) is 64.2 Å². The highest BCUT2D eigenvalue weighted by atomic mass is 35.5. The summed E-state index contributed by atoms with van der Waals surface area (Å²) in [5.74, 6) is 0.443. The number of halogens is 4. The normalized spacial score (nSPS) is 11.2. The number of nitrogens with zero attached hydrogens (tertiary/aromatic N) is 5. The average molecular weight is 356 g/mol. The van der Waals surface area contributed by atoms with Gasteiger partial charge >= 0.3 is 0 Å². The first-order valence-corrected chi connectivity index (χ1v) is 7.24. The van der Waals surface area contributed by atoms with Crippen LogP contribution in [0, 0.1) is 0 Å². The van der Waals surface area contributed by atoms with Gasteiger partial charge in [-0.25, -0.2) is 28.4 Å². The molecule has 5 nitrogen and oxygen atoms in total. The van der Waals surface area contributed by atoms with Gasteiger partial charge < -0.3 is 0 Å². The second-order valence-corrected chi connectivity index (χ2v) is 5.43. The summed E-state index contributed by atoms with van der Waals surface area (Å²) in [4.78, 5) is 12.1. The Labute approximate surface area is 139 Å². The molecule has 3 heterocycles. The monoisotopic (exact) mass is 355 g/mol. The lowest BCUT2D eigenvalue weighted by Crippen LogP contribution is -2.05. The van der Waals surface area contributed by atoms with Crippen molar-refractivity contribution in [2.75, 3.05) is 0 Å². The van der Waals surface area contributed by atoms with Crippen LogP contribution in [-0.4, -0.2) is 24.7 Å². The third-order valence-electron chi connectivity index (χ3n) is 2.99. The number of rotatable bonds is 4. The van der Waals surface area contributed by atoms with Gasteiger partial charge in [-0.3, -0.25) is 0 Å². The smallest absolute Gasteiger partial charge is 0.242 e. The van der Waals surface area contributed by atoms with Gasteiger partial charge in [-0.2, -0.15) is 5.10 Å². The second kappa shape index (κ2) is 6.55. The highest BCUT2D eigenvalue weighted by Crippen LogP contribution is 2.22. The average Bonchev–Trinajstić information content (AvgIpc) is 2.94. The van der Waals surface area contributed by atoms with E-state index in [1.165, 1.54) is 29.3 Å². The maximum Gasteiger partial charge on any atom is 0.282 e. The van der Waals surface area contributed by atoms with Crippen LogP contribution in [0.15, 0.2) is 36.8 Å². The van der Waals surface area contributed by atoms with Gasteiger partial charge in [0.2, 0.25) is 0 Å². The van der Waals surface area contributed by atoms with E-state index in [2.05, 4.69) is 20.1 Å². The molecule has 0 saturated carbocycles. The molecule has 0 fully saturated rings. The van der Waals surface area contributed by atoms with E-state index in [0.717, 1.165) is 0 Å². The first-order chi connectivity index (χ1) is 11.0. The van der Waals surface area contributed by atoms with Crippen molar-refractivity contribution in [3.63, 3.8) is 0 Å². The summed E-state index contributed by atoms with van der Waals surface area (Å²) >= 11 is 11.5. The molecule has 0 aliphatic carbocycles. The molecule has 0 amide bonds. The summed E-state index contributed by atoms with van der Waals surface area (Å²) in [5.41, 5.74) is 0.695. The number of hydrogen-bond donors (Lipinski definition) is 0. The predicted molar refractivity (Wildman–Crippen MR) is 81.2 cm³/mol. The van der Waals surface area contributed by atoms with E-state index in [4.69, 9.17) is 23.2 Å². The number of aromatic nitrogens is 5. The first kappa shape index (κ1) is 15.8. The van der Waals surface area contributed by atoms with Gasteiger partial charge in [0.1, 0.15) is 16.7 Å². The highest BCUT2D eigenvalue weighted by molar-refractivity contribution is 6.30. The minimum atomic E-state index is -2.68. The topological polar surface area (TPSA) is 56.5 Å². The van der Waals surface area contributed by atoms with Crippen molar-refractivity contribution >= 4 is 23.2 Å². The fraction of sp³-hybridized carbons (Fsp3) is 0.143. The molecule has 0 aliphatic heterocycles. The van der Waals surface area contributed by atoms with Gasteiger partial charge in [0.05, 0.1) is 29.0 Å². The summed E-state index contributed by atoms with van der Waals surface area (Å²) in [7, 11) is 0. The third kappa shape index (κ3) is 3.62. The van der Waals surface area contributed by atoms with Crippen LogP contribution < -0.4 is 0 Å². The molecule has 0 spiro atoms. The molecule has 0 atom stereocenters. The van der Waals surface area contributed by atoms with Crippen molar-refractivity contribution in [3.8, 4) is 5.69 Å². The van der Waals surface area contributed by atoms with E-state index in [9.17, 15) is 8.78 Å². The lowest BCUT2D eigenvalue weighted by atomic mass is 10.2. The van der Waals surface area contributed by atoms with Crippen molar-refractivity contribution in [2.45, 2.75) is 12.8 Å². The molecule has 3 aromatic rings. The minimum absolute atomic E-state index is 0.222. The van der Waals surface area contributed by atoms with Gasteiger partial charge in [-0.05, 0) is 18.2 Å². The Morgan fingerprint density at radius 2 is 1.78 bits per heavy atom. The van der Waals surface area contributed by atoms with Crippen LogP contribution in [0.3, 0.4) is 0 Å². The van der Waals surface area contributed by atoms with E-state index in [0.29, 0.717) is 27.4 Å². The summed E-state index contributed by atoms with van der Waals surface area (Å²) in [5, 5.41) is 4.63. The zero-order valence-electron chi connectivity index (χ0n) is 11.5. The Balaban J connectivity index is 2.00. The molecule has 0 bridgehead atoms. The quantitative estimate of drug-likeness (QED) is 0.666. The molecule has 0 saturated heterocycles. The molecule has 0 aliphatic rings. The van der Waals surface area contributed by atoms with Crippen LogP contribution in [0.1, 0.15) is 23.6 Å². The van der Waals surface area contributed by atoms with E-state index in [1.807, 2.05) is 0 Å². The van der Waals surface area contributed by atoms with Gasteiger partial charge in [-0.1, -0.05) is 23.2 Å². The van der Waals surface area contributed by atoms with Gasteiger partial charge in [0, 0.05) is 12.4 Å². The maximum atomic E-state index is 13.0. The molecule has 3 aromatic heterocycles. The fourth-order valence-corrected chi connectivity index (χ4v) is 2.19. The van der Waals surface area contributed by atoms with Crippen molar-refractivity contribution in [2.24, 2.45) is 0 Å². The zero-order chi connectivity index (χ0) is 16.4. The molecular formula is C14H9Cl2F2N5. The summed E-state index contributed by atoms with van der Waals surface area (Å²) in [6, 6.07) is 4.52. The second-order valence-electron chi connectivity index (χ2n) is 4.61. The lowest BCUT2D eigenvalue weighted by Gasteiger charge is -2.06. The number of hydrogen-bond acceptors (Lipinski definition) is 4. The van der Waals surface area contributed by atoms with Crippen LogP contribution in [-0.2, 0) is 6.42 Å². The minimum Gasteiger partial charge on any atom is -0.242 e. The van der Waals surface area contributed by atoms with E-state index < -0.39 is 6.43 Å². The summed E-state index contributed by atoms with van der Waals surface area (Å²) in [6.45, 7) is 0. The maximum absolute atomic E-state index is 13.0. The Kier molecular flexibility index (Phi) is 4.49. The largest absolute Gasteiger partial charge is 0.282 e. The standard InChI is InChI=1S/C14H9Cl2F2N5/c15-8-5-20-13(21-6-8)4-10-3-11(14(17)18)22-23(10)9-1-2-12(16)19-7-9/h1-3,5-7,14H,4H2. The van der Waals surface area contributed by atoms with Crippen LogP contribution in [0.4, 0.5) is 8.78 Å². The number of pyridine rings is 1. The third-order valence-corrected chi connectivity index (χ3v) is 3.41. The molecule has 9 heteroatoms. The molecule has 3 rings (SSSR count). The molecule has 118 valence electrons. The lowest BCUT2D eigenvalue weighted by molar-refractivity contribution is 0.145. The summed E-state index contributed by atoms with van der Waals surface area (Å²) < 4.78 is 27.3. The first-order valence-electron chi connectivity index (χ1n) is 6.48. The molecule has 0 radical (unpaired) electrons. The Bertz CT molecular complexity index is 803. The molecule has 0 N–H and O–H groups in total. The van der Waals surface area contributed by atoms with Gasteiger partial charge in [0.15, 0.2) is 0 Å². The van der Waals surface area contributed by atoms with E-state index >= 15 is 0 Å². The SMILES string of the molecule is FC(F)c1cc(Cc2ncc(Cl)cn2)n(-c2ccc(Cl)nc2)n1. The highest BCUT2D eigenvalue weighted by Gasteiger charge is 2.17. The van der Waals surface area contributed by atoms with Gasteiger partial charge in [0.25, 0.3) is 6.43 Å². The van der Waals surface area contributed by atoms with Crippen molar-refractivity contribution in [1.82, 2.24) is 24.7 Å². The predicted octanol–water partition coefficient (Wildman–Crippen LogP) is 3.89. The van der Waals surface area contributed by atoms with E-state index in [1.54, 1.807) is 12.1 Å². The Hall–Kier alpha value is -2.12.